The SMILES string of the molecule is C=CCOC(=O)N1CCN(C(C)(C)C(=O)NCC(=O)c2cccc(F)c2)C[C@H]1C(=O)NCC(F)(F)F. The van der Waals surface area contributed by atoms with Gasteiger partial charge in [-0.05, 0) is 26.0 Å². The van der Waals surface area contributed by atoms with Crippen molar-refractivity contribution in [3.05, 3.63) is 48.3 Å². The molecule has 0 radical (unpaired) electrons. The van der Waals surface area contributed by atoms with Crippen LogP contribution in [0.3, 0.4) is 0 Å². The molecule has 0 unspecified atom stereocenters. The van der Waals surface area contributed by atoms with Crippen molar-refractivity contribution in [2.75, 3.05) is 39.3 Å². The number of piperazine rings is 1. The fourth-order valence-corrected chi connectivity index (χ4v) is 3.54. The average Bonchev–Trinajstić information content (AvgIpc) is 2.83. The van der Waals surface area contributed by atoms with Gasteiger partial charge in [-0.25, -0.2) is 9.18 Å². The maximum atomic E-state index is 13.4. The van der Waals surface area contributed by atoms with Crippen LogP contribution in [-0.2, 0) is 14.3 Å². The second-order valence-corrected chi connectivity index (χ2v) is 8.53. The second-order valence-electron chi connectivity index (χ2n) is 8.53. The molecular formula is C23H28F4N4O5. The molecule has 3 amide bonds. The van der Waals surface area contributed by atoms with Crippen LogP contribution in [0.25, 0.3) is 0 Å². The molecule has 1 aromatic rings. The van der Waals surface area contributed by atoms with Crippen molar-refractivity contribution < 1.29 is 41.5 Å². The first-order chi connectivity index (χ1) is 16.8. The van der Waals surface area contributed by atoms with E-state index < -0.39 is 60.4 Å². The summed E-state index contributed by atoms with van der Waals surface area (Å²) in [5.74, 6) is -2.81. The second kappa shape index (κ2) is 12.0. The van der Waals surface area contributed by atoms with E-state index in [9.17, 15) is 36.7 Å². The predicted octanol–water partition coefficient (Wildman–Crippen LogP) is 1.89. The van der Waals surface area contributed by atoms with Crippen LogP contribution in [0.4, 0.5) is 22.4 Å². The Labute approximate surface area is 205 Å². The monoisotopic (exact) mass is 516 g/mol. The Bertz CT molecular complexity index is 999. The molecule has 9 nitrogen and oxygen atoms in total. The smallest absolute Gasteiger partial charge is 0.410 e. The minimum Gasteiger partial charge on any atom is -0.445 e. The van der Waals surface area contributed by atoms with Crippen LogP contribution in [0.15, 0.2) is 36.9 Å². The molecule has 1 aromatic carbocycles. The van der Waals surface area contributed by atoms with Crippen molar-refractivity contribution in [1.29, 1.82) is 0 Å². The van der Waals surface area contributed by atoms with E-state index in [1.807, 2.05) is 0 Å². The van der Waals surface area contributed by atoms with Gasteiger partial charge in [0.05, 0.1) is 12.1 Å². The van der Waals surface area contributed by atoms with Crippen LogP contribution in [-0.4, -0.2) is 90.6 Å². The lowest BCUT2D eigenvalue weighted by Gasteiger charge is -2.45. The summed E-state index contributed by atoms with van der Waals surface area (Å²) in [5.41, 5.74) is -1.25. The number of nitrogens with one attached hydrogen (secondary N) is 2. The molecule has 13 heteroatoms. The van der Waals surface area contributed by atoms with Crippen LogP contribution in [0, 0.1) is 5.82 Å². The largest absolute Gasteiger partial charge is 0.445 e. The van der Waals surface area contributed by atoms with E-state index in [1.54, 1.807) is 5.32 Å². The molecule has 0 aromatic heterocycles. The van der Waals surface area contributed by atoms with E-state index in [-0.39, 0.29) is 31.8 Å². The Kier molecular flexibility index (Phi) is 9.56. The normalized spacial score (nSPS) is 16.7. The van der Waals surface area contributed by atoms with Gasteiger partial charge in [-0.3, -0.25) is 24.2 Å². The van der Waals surface area contributed by atoms with Crippen LogP contribution in [0.5, 0.6) is 0 Å². The minimum atomic E-state index is -4.66. The van der Waals surface area contributed by atoms with Crippen molar-refractivity contribution in [3.8, 4) is 0 Å². The molecule has 0 spiro atoms. The summed E-state index contributed by atoms with van der Waals surface area (Å²) in [4.78, 5) is 52.7. The number of ether oxygens (including phenoxy) is 1. The van der Waals surface area contributed by atoms with E-state index in [4.69, 9.17) is 4.74 Å². The number of alkyl halides is 3. The molecule has 0 aliphatic carbocycles. The molecule has 0 bridgehead atoms. The van der Waals surface area contributed by atoms with E-state index in [1.165, 1.54) is 43.0 Å². The predicted molar refractivity (Wildman–Crippen MR) is 120 cm³/mol. The lowest BCUT2D eigenvalue weighted by Crippen LogP contribution is -2.67. The van der Waals surface area contributed by atoms with Gasteiger partial charge in [-0.15, -0.1) is 0 Å². The lowest BCUT2D eigenvalue weighted by molar-refractivity contribution is -0.145. The number of amides is 3. The molecule has 198 valence electrons. The Balaban J connectivity index is 2.12. The van der Waals surface area contributed by atoms with E-state index in [2.05, 4.69) is 11.9 Å². The van der Waals surface area contributed by atoms with Crippen LogP contribution < -0.4 is 10.6 Å². The summed E-state index contributed by atoms with van der Waals surface area (Å²) in [5, 5.41) is 4.23. The number of carbonyl (C=O) groups excluding carboxylic acids is 4. The van der Waals surface area contributed by atoms with Crippen molar-refractivity contribution >= 4 is 23.7 Å². The molecule has 1 aliphatic heterocycles. The average molecular weight is 516 g/mol. The van der Waals surface area contributed by atoms with E-state index in [0.717, 1.165) is 11.0 Å². The summed E-state index contributed by atoms with van der Waals surface area (Å²) in [6.45, 7) is 3.95. The third-order valence-corrected chi connectivity index (χ3v) is 5.61. The molecule has 1 aliphatic rings. The van der Waals surface area contributed by atoms with Gasteiger partial charge in [0.2, 0.25) is 11.8 Å². The highest BCUT2D eigenvalue weighted by molar-refractivity contribution is 6.00. The molecule has 36 heavy (non-hydrogen) atoms. The van der Waals surface area contributed by atoms with E-state index >= 15 is 0 Å². The zero-order chi connectivity index (χ0) is 27.1. The quantitative estimate of drug-likeness (QED) is 0.295. The molecule has 2 N–H and O–H groups in total. The first kappa shape index (κ1) is 28.8. The number of ketones is 1. The van der Waals surface area contributed by atoms with Gasteiger partial charge >= 0.3 is 12.3 Å². The fourth-order valence-electron chi connectivity index (χ4n) is 3.54. The fraction of sp³-hybridized carbons (Fsp3) is 0.478. The molecule has 1 heterocycles. The highest BCUT2D eigenvalue weighted by Crippen LogP contribution is 2.22. The van der Waals surface area contributed by atoms with Crippen LogP contribution >= 0.6 is 0 Å². The number of Topliss-reactive ketones (excluding diaryl/α,β-unsaturated/α-hetero) is 1. The summed E-state index contributed by atoms with van der Waals surface area (Å²) in [6, 6.07) is 3.59. The molecule has 2 rings (SSSR count). The van der Waals surface area contributed by atoms with Crippen molar-refractivity contribution in [3.63, 3.8) is 0 Å². The van der Waals surface area contributed by atoms with Crippen molar-refractivity contribution in [2.24, 2.45) is 0 Å². The molecular weight excluding hydrogens is 488 g/mol. The number of hydrogen-bond acceptors (Lipinski definition) is 6. The number of carbonyl (C=O) groups is 4. The summed E-state index contributed by atoms with van der Waals surface area (Å²) in [6.07, 6.45) is -4.28. The Morgan fingerprint density at radius 1 is 1.17 bits per heavy atom. The zero-order valence-electron chi connectivity index (χ0n) is 19.9. The van der Waals surface area contributed by atoms with Gasteiger partial charge < -0.3 is 15.4 Å². The van der Waals surface area contributed by atoms with Crippen LogP contribution in [0.2, 0.25) is 0 Å². The molecule has 1 saturated heterocycles. The lowest BCUT2D eigenvalue weighted by atomic mass is 9.97. The third-order valence-electron chi connectivity index (χ3n) is 5.61. The first-order valence-electron chi connectivity index (χ1n) is 11.0. The number of hydrogen-bond donors (Lipinski definition) is 2. The molecule has 1 atom stereocenters. The summed E-state index contributed by atoms with van der Waals surface area (Å²) >= 11 is 0. The van der Waals surface area contributed by atoms with Gasteiger partial charge in [0.15, 0.2) is 5.78 Å². The zero-order valence-corrected chi connectivity index (χ0v) is 19.9. The Morgan fingerprint density at radius 3 is 2.47 bits per heavy atom. The number of halogens is 4. The van der Waals surface area contributed by atoms with Crippen molar-refractivity contribution in [1.82, 2.24) is 20.4 Å². The van der Waals surface area contributed by atoms with Gasteiger partial charge in [0, 0.05) is 25.2 Å². The van der Waals surface area contributed by atoms with Gasteiger partial charge in [-0.1, -0.05) is 24.8 Å². The summed E-state index contributed by atoms with van der Waals surface area (Å²) < 4.78 is 56.2. The number of nitrogens with zero attached hydrogens (tertiary/aromatic N) is 2. The standard InChI is InChI=1S/C23H28F4N4O5/c1-4-10-36-21(35)31-9-8-30(13-17(31)19(33)29-14-23(25,26)27)22(2,3)20(34)28-12-18(32)15-6-5-7-16(24)11-15/h4-7,11,17H,1,8-10,12-14H2,2-3H3,(H,28,34)(H,29,33)/t17-/m0/s1. The third kappa shape index (κ3) is 7.77. The molecule has 1 fully saturated rings. The highest BCUT2D eigenvalue weighted by atomic mass is 19.4. The maximum Gasteiger partial charge on any atom is 0.410 e. The minimum absolute atomic E-state index is 0.0705. The highest BCUT2D eigenvalue weighted by Gasteiger charge is 2.44. The summed E-state index contributed by atoms with van der Waals surface area (Å²) in [7, 11) is 0. The van der Waals surface area contributed by atoms with Crippen molar-refractivity contribution in [2.45, 2.75) is 31.6 Å². The van der Waals surface area contributed by atoms with E-state index in [0.29, 0.717) is 0 Å². The van der Waals surface area contributed by atoms with Crippen LogP contribution in [0.1, 0.15) is 24.2 Å². The first-order valence-corrected chi connectivity index (χ1v) is 11.0. The van der Waals surface area contributed by atoms with Gasteiger partial charge in [0.25, 0.3) is 0 Å². The Morgan fingerprint density at radius 2 is 1.86 bits per heavy atom. The topological polar surface area (TPSA) is 108 Å². The Hall–Kier alpha value is -3.48. The van der Waals surface area contributed by atoms with Gasteiger partial charge in [0.1, 0.15) is 25.0 Å². The number of benzene rings is 1. The maximum absolute atomic E-state index is 13.4. The molecule has 0 saturated carbocycles. The van der Waals surface area contributed by atoms with Gasteiger partial charge in [-0.2, -0.15) is 13.2 Å². The number of rotatable bonds is 9.